The molecule has 1 aromatic rings. The van der Waals surface area contributed by atoms with E-state index in [1.54, 1.807) is 18.2 Å². The van der Waals surface area contributed by atoms with Gasteiger partial charge in [0.05, 0.1) is 17.6 Å². The zero-order chi connectivity index (χ0) is 17.6. The lowest BCUT2D eigenvalue weighted by molar-refractivity contribution is -0.385. The summed E-state index contributed by atoms with van der Waals surface area (Å²) in [5, 5.41) is 13.7. The molecule has 1 aromatic carbocycles. The van der Waals surface area contributed by atoms with Crippen LogP contribution < -0.4 is 5.32 Å². The molecule has 0 saturated heterocycles. The molecule has 0 spiro atoms. The normalized spacial score (nSPS) is 16.5. The Morgan fingerprint density at radius 1 is 1.25 bits per heavy atom. The fourth-order valence-corrected chi connectivity index (χ4v) is 2.97. The minimum absolute atomic E-state index is 0.0816. The van der Waals surface area contributed by atoms with Gasteiger partial charge in [0.25, 0.3) is 5.69 Å². The van der Waals surface area contributed by atoms with Crippen LogP contribution in [0.1, 0.15) is 37.7 Å². The molecule has 0 heterocycles. The highest BCUT2D eigenvalue weighted by Gasteiger charge is 2.41. The maximum atomic E-state index is 12.2. The van der Waals surface area contributed by atoms with Crippen LogP contribution in [0.3, 0.4) is 0 Å². The van der Waals surface area contributed by atoms with Crippen LogP contribution in [0.4, 0.5) is 5.69 Å². The Labute approximate surface area is 139 Å². The molecule has 1 saturated carbocycles. The quantitative estimate of drug-likeness (QED) is 0.387. The van der Waals surface area contributed by atoms with Crippen molar-refractivity contribution in [1.29, 1.82) is 0 Å². The van der Waals surface area contributed by atoms with Gasteiger partial charge >= 0.3 is 5.97 Å². The Balaban J connectivity index is 2.14. The average Bonchev–Trinajstić information content (AvgIpc) is 2.60. The number of methoxy groups -OCH3 is 1. The molecule has 24 heavy (non-hydrogen) atoms. The molecule has 128 valence electrons. The van der Waals surface area contributed by atoms with E-state index < -0.39 is 22.3 Å². The van der Waals surface area contributed by atoms with E-state index in [1.807, 2.05) is 0 Å². The number of para-hydroxylation sites is 1. The minimum Gasteiger partial charge on any atom is -0.467 e. The zero-order valence-corrected chi connectivity index (χ0v) is 13.5. The van der Waals surface area contributed by atoms with E-state index in [2.05, 4.69) is 5.32 Å². The Morgan fingerprint density at radius 2 is 1.92 bits per heavy atom. The largest absolute Gasteiger partial charge is 0.467 e. The van der Waals surface area contributed by atoms with Crippen LogP contribution in [0.25, 0.3) is 6.08 Å². The van der Waals surface area contributed by atoms with E-state index in [-0.39, 0.29) is 5.69 Å². The molecule has 1 amide bonds. The van der Waals surface area contributed by atoms with Crippen molar-refractivity contribution in [3.05, 3.63) is 46.0 Å². The van der Waals surface area contributed by atoms with Crippen molar-refractivity contribution in [2.24, 2.45) is 0 Å². The first kappa shape index (κ1) is 17.7. The second-order valence-corrected chi connectivity index (χ2v) is 5.77. The Hall–Kier alpha value is -2.70. The lowest BCUT2D eigenvalue weighted by Crippen LogP contribution is -2.55. The van der Waals surface area contributed by atoms with Crippen LogP contribution >= 0.6 is 0 Å². The number of amides is 1. The summed E-state index contributed by atoms with van der Waals surface area (Å²) in [6.07, 6.45) is 6.34. The third kappa shape index (κ3) is 3.98. The van der Waals surface area contributed by atoms with Crippen molar-refractivity contribution in [2.45, 2.75) is 37.6 Å². The summed E-state index contributed by atoms with van der Waals surface area (Å²) in [5.74, 6) is -0.921. The predicted octanol–water partition coefficient (Wildman–Crippen LogP) is 2.60. The van der Waals surface area contributed by atoms with E-state index in [4.69, 9.17) is 4.74 Å². The van der Waals surface area contributed by atoms with E-state index >= 15 is 0 Å². The van der Waals surface area contributed by atoms with Crippen LogP contribution in [-0.4, -0.2) is 29.4 Å². The number of carbonyl (C=O) groups excluding carboxylic acids is 2. The van der Waals surface area contributed by atoms with E-state index in [0.29, 0.717) is 18.4 Å². The van der Waals surface area contributed by atoms with Gasteiger partial charge in [0.15, 0.2) is 0 Å². The summed E-state index contributed by atoms with van der Waals surface area (Å²) in [6, 6.07) is 6.14. The number of esters is 1. The fraction of sp³-hybridized carbons (Fsp3) is 0.412. The van der Waals surface area contributed by atoms with E-state index in [9.17, 15) is 19.7 Å². The van der Waals surface area contributed by atoms with Gasteiger partial charge in [-0.2, -0.15) is 0 Å². The highest BCUT2D eigenvalue weighted by Crippen LogP contribution is 2.29. The number of benzene rings is 1. The van der Waals surface area contributed by atoms with Crippen molar-refractivity contribution < 1.29 is 19.2 Å². The van der Waals surface area contributed by atoms with Gasteiger partial charge in [0.2, 0.25) is 5.91 Å². The number of rotatable bonds is 5. The van der Waals surface area contributed by atoms with Crippen molar-refractivity contribution in [3.8, 4) is 0 Å². The van der Waals surface area contributed by atoms with Crippen LogP contribution in [0.2, 0.25) is 0 Å². The van der Waals surface area contributed by atoms with Crippen LogP contribution in [0, 0.1) is 10.1 Å². The van der Waals surface area contributed by atoms with Gasteiger partial charge in [-0.15, -0.1) is 0 Å². The summed E-state index contributed by atoms with van der Waals surface area (Å²) >= 11 is 0. The predicted molar refractivity (Wildman–Crippen MR) is 88.1 cm³/mol. The van der Waals surface area contributed by atoms with Gasteiger partial charge < -0.3 is 10.1 Å². The smallest absolute Gasteiger partial charge is 0.331 e. The standard InChI is InChI=1S/C17H20N2O5/c1-24-16(21)17(11-5-2-6-12-17)18-15(20)10-9-13-7-3-4-8-14(13)19(22)23/h3-4,7-10H,2,5-6,11-12H2,1H3,(H,18,20)/b10-9+. The van der Waals surface area contributed by atoms with E-state index in [1.165, 1.54) is 25.3 Å². The molecule has 1 fully saturated rings. The van der Waals surface area contributed by atoms with Gasteiger partial charge in [-0.1, -0.05) is 31.4 Å². The number of nitrogens with zero attached hydrogens (tertiary/aromatic N) is 1. The second kappa shape index (κ2) is 7.72. The summed E-state index contributed by atoms with van der Waals surface area (Å²) in [5.41, 5.74) is -0.757. The lowest BCUT2D eigenvalue weighted by Gasteiger charge is -2.34. The van der Waals surface area contributed by atoms with Gasteiger partial charge in [0, 0.05) is 12.1 Å². The molecule has 0 unspecified atom stereocenters. The number of carbonyl (C=O) groups is 2. The number of ether oxygens (including phenoxy) is 1. The molecule has 1 aliphatic rings. The molecule has 7 nitrogen and oxygen atoms in total. The van der Waals surface area contributed by atoms with Crippen LogP contribution in [0.5, 0.6) is 0 Å². The number of nitro benzene ring substituents is 1. The second-order valence-electron chi connectivity index (χ2n) is 5.77. The summed E-state index contributed by atoms with van der Waals surface area (Å²) in [4.78, 5) is 34.8. The maximum absolute atomic E-state index is 12.2. The molecule has 2 rings (SSSR count). The molecule has 0 aromatic heterocycles. The number of nitrogens with one attached hydrogen (secondary N) is 1. The fourth-order valence-electron chi connectivity index (χ4n) is 2.97. The maximum Gasteiger partial charge on any atom is 0.331 e. The molecule has 7 heteroatoms. The monoisotopic (exact) mass is 332 g/mol. The van der Waals surface area contributed by atoms with Gasteiger partial charge in [0.1, 0.15) is 5.54 Å². The van der Waals surface area contributed by atoms with Crippen molar-refractivity contribution >= 4 is 23.6 Å². The summed E-state index contributed by atoms with van der Waals surface area (Å²) in [6.45, 7) is 0. The van der Waals surface area contributed by atoms with Crippen LogP contribution in [-0.2, 0) is 14.3 Å². The summed E-state index contributed by atoms with van der Waals surface area (Å²) in [7, 11) is 1.30. The van der Waals surface area contributed by atoms with Crippen molar-refractivity contribution in [2.75, 3.05) is 7.11 Å². The average molecular weight is 332 g/mol. The van der Waals surface area contributed by atoms with Crippen molar-refractivity contribution in [3.63, 3.8) is 0 Å². The van der Waals surface area contributed by atoms with Crippen molar-refractivity contribution in [1.82, 2.24) is 5.32 Å². The summed E-state index contributed by atoms with van der Waals surface area (Å²) < 4.78 is 4.84. The minimum atomic E-state index is -1.00. The third-order valence-electron chi connectivity index (χ3n) is 4.19. The van der Waals surface area contributed by atoms with Gasteiger partial charge in [-0.05, 0) is 25.0 Å². The molecular formula is C17H20N2O5. The third-order valence-corrected chi connectivity index (χ3v) is 4.19. The highest BCUT2D eigenvalue weighted by molar-refractivity contribution is 5.96. The van der Waals surface area contributed by atoms with Gasteiger partial charge in [-0.25, -0.2) is 4.79 Å². The van der Waals surface area contributed by atoms with Gasteiger partial charge in [-0.3, -0.25) is 14.9 Å². The Kier molecular flexibility index (Phi) is 5.68. The molecule has 0 aliphatic heterocycles. The molecule has 1 aliphatic carbocycles. The number of hydrogen-bond donors (Lipinski definition) is 1. The first-order valence-corrected chi connectivity index (χ1v) is 7.80. The Morgan fingerprint density at radius 3 is 2.54 bits per heavy atom. The number of nitro groups is 1. The Bertz CT molecular complexity index is 663. The SMILES string of the molecule is COC(=O)C1(NC(=O)/C=C/c2ccccc2[N+](=O)[O-])CCCCC1. The topological polar surface area (TPSA) is 98.5 Å². The first-order valence-electron chi connectivity index (χ1n) is 7.80. The molecular weight excluding hydrogens is 312 g/mol. The molecule has 0 bridgehead atoms. The molecule has 0 atom stereocenters. The van der Waals surface area contributed by atoms with E-state index in [0.717, 1.165) is 19.3 Å². The number of hydrogen-bond acceptors (Lipinski definition) is 5. The van der Waals surface area contributed by atoms with Crippen LogP contribution in [0.15, 0.2) is 30.3 Å². The molecule has 0 radical (unpaired) electrons. The highest BCUT2D eigenvalue weighted by atomic mass is 16.6. The zero-order valence-electron chi connectivity index (χ0n) is 13.5. The molecule has 1 N–H and O–H groups in total. The lowest BCUT2D eigenvalue weighted by atomic mass is 9.81. The first-order chi connectivity index (χ1) is 11.5.